The molecule has 8 nitrogen and oxygen atoms in total. The molecule has 0 bridgehead atoms. The zero-order chi connectivity index (χ0) is 21.4. The summed E-state index contributed by atoms with van der Waals surface area (Å²) in [4.78, 5) is 8.37. The number of nitrogens with one attached hydrogen (secondary N) is 1. The molecule has 31 heavy (non-hydrogen) atoms. The van der Waals surface area contributed by atoms with Crippen molar-refractivity contribution >= 4 is 5.82 Å². The lowest BCUT2D eigenvalue weighted by Crippen LogP contribution is -2.31. The summed E-state index contributed by atoms with van der Waals surface area (Å²) in [5, 5.41) is 11.4. The lowest BCUT2D eigenvalue weighted by Gasteiger charge is -2.11. The highest BCUT2D eigenvalue weighted by molar-refractivity contribution is 5.63. The van der Waals surface area contributed by atoms with Crippen molar-refractivity contribution in [2.75, 3.05) is 11.9 Å². The molecule has 1 aliphatic carbocycles. The maximum absolute atomic E-state index is 14.2. The molecule has 1 saturated carbocycles. The Bertz CT molecular complexity index is 1220. The first kappa shape index (κ1) is 19.3. The van der Waals surface area contributed by atoms with Crippen LogP contribution < -0.4 is 11.1 Å². The normalized spacial score (nSPS) is 14.5. The molecule has 5 rings (SSSR count). The van der Waals surface area contributed by atoms with Gasteiger partial charge in [-0.15, -0.1) is 0 Å². The van der Waals surface area contributed by atoms with Crippen LogP contribution in [0.2, 0.25) is 0 Å². The molecule has 10 heteroatoms. The number of halogens is 2. The molecule has 1 fully saturated rings. The lowest BCUT2D eigenvalue weighted by atomic mass is 10.2. The fourth-order valence-electron chi connectivity index (χ4n) is 3.20. The highest BCUT2D eigenvalue weighted by atomic mass is 19.1. The van der Waals surface area contributed by atoms with E-state index in [2.05, 4.69) is 25.5 Å². The second-order valence-electron chi connectivity index (χ2n) is 7.65. The van der Waals surface area contributed by atoms with Crippen molar-refractivity contribution in [2.24, 2.45) is 5.73 Å². The molecule has 3 aromatic heterocycles. The molecule has 0 unspecified atom stereocenters. The topological polar surface area (TPSA) is 108 Å². The molecule has 0 saturated heterocycles. The van der Waals surface area contributed by atoms with Gasteiger partial charge in [0.1, 0.15) is 23.5 Å². The first-order valence-electron chi connectivity index (χ1n) is 9.78. The lowest BCUT2D eigenvalue weighted by molar-refractivity contribution is 0.421. The predicted molar refractivity (Wildman–Crippen MR) is 109 cm³/mol. The Morgan fingerprint density at radius 3 is 2.71 bits per heavy atom. The molecular weight excluding hydrogens is 404 g/mol. The monoisotopic (exact) mass is 423 g/mol. The highest BCUT2D eigenvalue weighted by Gasteiger charge is 2.38. The molecule has 3 heterocycles. The van der Waals surface area contributed by atoms with Crippen molar-refractivity contribution in [2.45, 2.75) is 24.9 Å². The molecule has 0 radical (unpaired) electrons. The van der Waals surface area contributed by atoms with Gasteiger partial charge in [-0.05, 0) is 25.0 Å². The molecule has 0 amide bonds. The summed E-state index contributed by atoms with van der Waals surface area (Å²) in [5.74, 6) is -0.627. The maximum atomic E-state index is 14.2. The molecule has 1 aromatic carbocycles. The summed E-state index contributed by atoms with van der Waals surface area (Å²) in [6.45, 7) is 0.586. The van der Waals surface area contributed by atoms with Crippen molar-refractivity contribution in [1.29, 1.82) is 0 Å². The van der Waals surface area contributed by atoms with E-state index in [0.717, 1.165) is 19.0 Å². The molecule has 3 N–H and O–H groups in total. The Morgan fingerprint density at radius 2 is 1.97 bits per heavy atom. The van der Waals surface area contributed by atoms with E-state index in [4.69, 9.17) is 10.3 Å². The van der Waals surface area contributed by atoms with Gasteiger partial charge < -0.3 is 15.6 Å². The summed E-state index contributed by atoms with van der Waals surface area (Å²) in [5.41, 5.74) is 7.73. The standard InChI is InChI=1S/C21H19F2N7O/c22-14-4-2-1-3-13(14)11-30-18(16-5-8-31-29-16)9-17(28-30)20-25-10-15(23)19(27-20)26-12-21(24)6-7-21/h1-5,8-10H,6-7,11-12,24H2,(H,25,26,27). The van der Waals surface area contributed by atoms with Gasteiger partial charge in [0.05, 0.1) is 18.4 Å². The van der Waals surface area contributed by atoms with Gasteiger partial charge in [0.2, 0.25) is 0 Å². The number of nitrogens with zero attached hydrogens (tertiary/aromatic N) is 5. The summed E-state index contributed by atoms with van der Waals surface area (Å²) < 4.78 is 34.9. The molecule has 4 aromatic rings. The minimum Gasteiger partial charge on any atom is -0.366 e. The maximum Gasteiger partial charge on any atom is 0.183 e. The van der Waals surface area contributed by atoms with Crippen LogP contribution >= 0.6 is 0 Å². The smallest absolute Gasteiger partial charge is 0.183 e. The third-order valence-corrected chi connectivity index (χ3v) is 5.23. The van der Waals surface area contributed by atoms with E-state index in [1.54, 1.807) is 35.0 Å². The summed E-state index contributed by atoms with van der Waals surface area (Å²) >= 11 is 0. The number of nitrogens with two attached hydrogens (primary N) is 1. The zero-order valence-corrected chi connectivity index (χ0v) is 16.4. The van der Waals surface area contributed by atoms with Crippen LogP contribution in [0.3, 0.4) is 0 Å². The van der Waals surface area contributed by atoms with Gasteiger partial charge in [-0.2, -0.15) is 5.10 Å². The van der Waals surface area contributed by atoms with E-state index >= 15 is 0 Å². The Balaban J connectivity index is 1.50. The number of rotatable bonds is 7. The number of benzene rings is 1. The number of hydrogen-bond acceptors (Lipinski definition) is 7. The summed E-state index contributed by atoms with van der Waals surface area (Å²) in [6, 6.07) is 9.83. The van der Waals surface area contributed by atoms with Gasteiger partial charge in [0.25, 0.3) is 0 Å². The number of aromatic nitrogens is 5. The van der Waals surface area contributed by atoms with Gasteiger partial charge in [-0.25, -0.2) is 18.7 Å². The molecule has 1 aliphatic rings. The van der Waals surface area contributed by atoms with Crippen molar-refractivity contribution in [3.05, 3.63) is 66.1 Å². The van der Waals surface area contributed by atoms with Gasteiger partial charge in [0.15, 0.2) is 17.5 Å². The van der Waals surface area contributed by atoms with Crippen LogP contribution in [-0.2, 0) is 6.54 Å². The first-order chi connectivity index (χ1) is 15.0. The second-order valence-corrected chi connectivity index (χ2v) is 7.65. The van der Waals surface area contributed by atoms with Crippen molar-refractivity contribution in [3.63, 3.8) is 0 Å². The highest BCUT2D eigenvalue weighted by Crippen LogP contribution is 2.32. The van der Waals surface area contributed by atoms with E-state index in [1.807, 2.05) is 0 Å². The van der Waals surface area contributed by atoms with Crippen LogP contribution in [0, 0.1) is 11.6 Å². The number of anilines is 1. The second kappa shape index (κ2) is 7.55. The first-order valence-corrected chi connectivity index (χ1v) is 9.78. The Kier molecular flexibility index (Phi) is 4.70. The minimum absolute atomic E-state index is 0.0633. The van der Waals surface area contributed by atoms with E-state index in [1.165, 1.54) is 12.3 Å². The van der Waals surface area contributed by atoms with Crippen LogP contribution in [0.5, 0.6) is 0 Å². The average Bonchev–Trinajstić information content (AvgIpc) is 3.15. The van der Waals surface area contributed by atoms with E-state index in [9.17, 15) is 8.78 Å². The van der Waals surface area contributed by atoms with Gasteiger partial charge in [0, 0.05) is 23.7 Å². The minimum atomic E-state index is -0.574. The Hall–Kier alpha value is -3.66. The van der Waals surface area contributed by atoms with E-state index in [-0.39, 0.29) is 29.5 Å². The summed E-state index contributed by atoms with van der Waals surface area (Å²) in [7, 11) is 0. The predicted octanol–water partition coefficient (Wildman–Crippen LogP) is 3.22. The fraction of sp³-hybridized carbons (Fsp3) is 0.238. The van der Waals surface area contributed by atoms with Crippen LogP contribution in [0.4, 0.5) is 14.6 Å². The zero-order valence-electron chi connectivity index (χ0n) is 16.4. The van der Waals surface area contributed by atoms with Crippen LogP contribution in [-0.4, -0.2) is 37.0 Å². The molecule has 0 atom stereocenters. The fourth-order valence-corrected chi connectivity index (χ4v) is 3.20. The largest absolute Gasteiger partial charge is 0.366 e. The van der Waals surface area contributed by atoms with Gasteiger partial charge in [-0.3, -0.25) is 4.68 Å². The Labute approximate surface area is 176 Å². The van der Waals surface area contributed by atoms with Crippen molar-refractivity contribution < 1.29 is 13.3 Å². The van der Waals surface area contributed by atoms with Crippen LogP contribution in [0.1, 0.15) is 18.4 Å². The average molecular weight is 423 g/mol. The van der Waals surface area contributed by atoms with Crippen LogP contribution in [0.15, 0.2) is 53.4 Å². The SMILES string of the molecule is NC1(CNc2nc(-c3cc(-c4ccon4)n(Cc4ccccc4F)n3)ncc2F)CC1. The third kappa shape index (κ3) is 4.02. The van der Waals surface area contributed by atoms with Gasteiger partial charge >= 0.3 is 0 Å². The molecule has 0 spiro atoms. The van der Waals surface area contributed by atoms with E-state index in [0.29, 0.717) is 29.2 Å². The van der Waals surface area contributed by atoms with Crippen molar-refractivity contribution in [1.82, 2.24) is 24.9 Å². The quantitative estimate of drug-likeness (QED) is 0.470. The van der Waals surface area contributed by atoms with E-state index < -0.39 is 5.82 Å². The Morgan fingerprint density at radius 1 is 1.13 bits per heavy atom. The molecular formula is C21H19F2N7O. The third-order valence-electron chi connectivity index (χ3n) is 5.23. The molecule has 158 valence electrons. The van der Waals surface area contributed by atoms with Crippen LogP contribution in [0.25, 0.3) is 22.9 Å². The van der Waals surface area contributed by atoms with Crippen molar-refractivity contribution in [3.8, 4) is 22.9 Å². The van der Waals surface area contributed by atoms with Gasteiger partial charge in [-0.1, -0.05) is 23.4 Å². The molecule has 0 aliphatic heterocycles. The summed E-state index contributed by atoms with van der Waals surface area (Å²) in [6.07, 6.45) is 4.31. The number of hydrogen-bond donors (Lipinski definition) is 2.